The molecule has 8 nitrogen and oxygen atoms in total. The summed E-state index contributed by atoms with van der Waals surface area (Å²) in [5.74, 6) is 2.91. The number of methoxy groups -OCH3 is 2. The highest BCUT2D eigenvalue weighted by Gasteiger charge is 2.10. The number of aromatic nitrogens is 2. The van der Waals surface area contributed by atoms with Crippen LogP contribution in [0.3, 0.4) is 0 Å². The van der Waals surface area contributed by atoms with Crippen molar-refractivity contribution in [2.24, 2.45) is 4.99 Å². The summed E-state index contributed by atoms with van der Waals surface area (Å²) in [6, 6.07) is 15.9. The number of nitrogens with zero attached hydrogens (tertiary/aromatic N) is 2. The maximum atomic E-state index is 5.59. The maximum absolute atomic E-state index is 5.59. The van der Waals surface area contributed by atoms with Gasteiger partial charge in [-0.05, 0) is 31.0 Å². The van der Waals surface area contributed by atoms with Gasteiger partial charge in [-0.25, -0.2) is 4.98 Å². The number of H-pyrrole nitrogens is 1. The van der Waals surface area contributed by atoms with Gasteiger partial charge in [0.05, 0.1) is 32.0 Å². The van der Waals surface area contributed by atoms with Gasteiger partial charge in [0, 0.05) is 42.4 Å². The van der Waals surface area contributed by atoms with Crippen LogP contribution in [0.4, 0.5) is 0 Å². The summed E-state index contributed by atoms with van der Waals surface area (Å²) in [6.45, 7) is 1.31. The Morgan fingerprint density at radius 3 is 2.70 bits per heavy atom. The van der Waals surface area contributed by atoms with E-state index in [4.69, 9.17) is 13.9 Å². The van der Waals surface area contributed by atoms with Gasteiger partial charge in [-0.3, -0.25) is 4.99 Å². The highest BCUT2D eigenvalue weighted by Crippen LogP contribution is 2.31. The topological polar surface area (TPSA) is 96.7 Å². The minimum atomic E-state index is 0.527. The standard InChI is InChI=1S/C25H29N5O3/c1-26-25(28-15-19-16-33-24(30-19)17-8-5-4-6-9-17)27-11-7-10-18-12-21-22(29-18)13-20(31-2)14-23(21)32-3/h4-6,8-9,12-14,16,29H,7,10-11,15H2,1-3H3,(H2,26,27,28). The number of hydrogen-bond donors (Lipinski definition) is 3. The molecule has 2 aromatic heterocycles. The van der Waals surface area contributed by atoms with Crippen LogP contribution in [0, 0.1) is 0 Å². The van der Waals surface area contributed by atoms with Crippen LogP contribution in [-0.2, 0) is 13.0 Å². The zero-order valence-electron chi connectivity index (χ0n) is 19.1. The third-order valence-electron chi connectivity index (χ3n) is 5.33. The van der Waals surface area contributed by atoms with Gasteiger partial charge >= 0.3 is 0 Å². The van der Waals surface area contributed by atoms with Crippen LogP contribution >= 0.6 is 0 Å². The van der Waals surface area contributed by atoms with Crippen molar-refractivity contribution in [3.63, 3.8) is 0 Å². The normalized spacial score (nSPS) is 11.5. The van der Waals surface area contributed by atoms with E-state index in [2.05, 4.69) is 31.7 Å². The van der Waals surface area contributed by atoms with Crippen LogP contribution in [0.25, 0.3) is 22.4 Å². The summed E-state index contributed by atoms with van der Waals surface area (Å²) >= 11 is 0. The van der Waals surface area contributed by atoms with E-state index < -0.39 is 0 Å². The van der Waals surface area contributed by atoms with Crippen molar-refractivity contribution in [2.75, 3.05) is 27.8 Å². The van der Waals surface area contributed by atoms with Crippen molar-refractivity contribution in [3.8, 4) is 23.0 Å². The van der Waals surface area contributed by atoms with Gasteiger partial charge in [0.25, 0.3) is 0 Å². The lowest BCUT2D eigenvalue weighted by Crippen LogP contribution is -2.37. The van der Waals surface area contributed by atoms with E-state index in [0.29, 0.717) is 12.4 Å². The Labute approximate surface area is 193 Å². The molecule has 0 fully saturated rings. The highest BCUT2D eigenvalue weighted by molar-refractivity contribution is 5.88. The molecule has 0 bridgehead atoms. The zero-order valence-corrected chi connectivity index (χ0v) is 19.1. The average Bonchev–Trinajstić information content (AvgIpc) is 3.50. The summed E-state index contributed by atoms with van der Waals surface area (Å²) in [4.78, 5) is 12.3. The van der Waals surface area contributed by atoms with Gasteiger partial charge in [0.1, 0.15) is 17.8 Å². The van der Waals surface area contributed by atoms with Gasteiger partial charge in [0.15, 0.2) is 5.96 Å². The van der Waals surface area contributed by atoms with Crippen molar-refractivity contribution in [3.05, 3.63) is 66.2 Å². The molecule has 0 radical (unpaired) electrons. The lowest BCUT2D eigenvalue weighted by atomic mass is 10.2. The van der Waals surface area contributed by atoms with E-state index in [1.165, 1.54) is 0 Å². The minimum Gasteiger partial charge on any atom is -0.497 e. The van der Waals surface area contributed by atoms with Crippen molar-refractivity contribution < 1.29 is 13.9 Å². The number of guanidine groups is 1. The van der Waals surface area contributed by atoms with Gasteiger partial charge in [-0.1, -0.05) is 18.2 Å². The first-order valence-electron chi connectivity index (χ1n) is 10.9. The molecule has 172 valence electrons. The monoisotopic (exact) mass is 447 g/mol. The molecule has 4 aromatic rings. The van der Waals surface area contributed by atoms with E-state index >= 15 is 0 Å². The van der Waals surface area contributed by atoms with Gasteiger partial charge in [-0.2, -0.15) is 0 Å². The van der Waals surface area contributed by atoms with E-state index in [9.17, 15) is 0 Å². The SMILES string of the molecule is CN=C(NCCCc1cc2c(OC)cc(OC)cc2[nH]1)NCc1coc(-c2ccccc2)n1. The van der Waals surface area contributed by atoms with Crippen LogP contribution < -0.4 is 20.1 Å². The van der Waals surface area contributed by atoms with E-state index in [-0.39, 0.29) is 0 Å². The largest absolute Gasteiger partial charge is 0.497 e. The lowest BCUT2D eigenvalue weighted by Gasteiger charge is -2.10. The number of aryl methyl sites for hydroxylation is 1. The number of rotatable bonds is 9. The number of oxazole rings is 1. The van der Waals surface area contributed by atoms with E-state index in [0.717, 1.165) is 64.7 Å². The first-order chi connectivity index (χ1) is 16.2. The number of aromatic amines is 1. The summed E-state index contributed by atoms with van der Waals surface area (Å²) in [6.07, 6.45) is 3.50. The van der Waals surface area contributed by atoms with Crippen LogP contribution in [0.1, 0.15) is 17.8 Å². The molecule has 0 atom stereocenters. The van der Waals surface area contributed by atoms with Crippen LogP contribution in [0.2, 0.25) is 0 Å². The second-order valence-corrected chi connectivity index (χ2v) is 7.55. The Morgan fingerprint density at radius 2 is 1.94 bits per heavy atom. The highest BCUT2D eigenvalue weighted by atomic mass is 16.5. The number of aliphatic imine (C=N–C) groups is 1. The molecule has 0 unspecified atom stereocenters. The smallest absolute Gasteiger partial charge is 0.226 e. The molecule has 0 aliphatic heterocycles. The lowest BCUT2D eigenvalue weighted by molar-refractivity contribution is 0.398. The predicted octanol–water partition coefficient (Wildman–Crippen LogP) is 4.14. The first kappa shape index (κ1) is 22.3. The predicted molar refractivity (Wildman–Crippen MR) is 130 cm³/mol. The summed E-state index contributed by atoms with van der Waals surface area (Å²) in [7, 11) is 5.08. The fourth-order valence-electron chi connectivity index (χ4n) is 3.64. The van der Waals surface area contributed by atoms with Crippen molar-refractivity contribution >= 4 is 16.9 Å². The molecule has 0 amide bonds. The Morgan fingerprint density at radius 1 is 1.09 bits per heavy atom. The third kappa shape index (κ3) is 5.46. The number of hydrogen-bond acceptors (Lipinski definition) is 5. The molecule has 8 heteroatoms. The third-order valence-corrected chi connectivity index (χ3v) is 5.33. The molecule has 3 N–H and O–H groups in total. The Balaban J connectivity index is 1.26. The fourth-order valence-corrected chi connectivity index (χ4v) is 3.64. The van der Waals surface area contributed by atoms with Gasteiger partial charge in [-0.15, -0.1) is 0 Å². The zero-order chi connectivity index (χ0) is 23.0. The van der Waals surface area contributed by atoms with E-state index in [1.807, 2.05) is 42.5 Å². The quantitative estimate of drug-likeness (QED) is 0.203. The van der Waals surface area contributed by atoms with Crippen molar-refractivity contribution in [1.82, 2.24) is 20.6 Å². The number of ether oxygens (including phenoxy) is 2. The molecule has 0 spiro atoms. The van der Waals surface area contributed by atoms with Crippen molar-refractivity contribution in [1.29, 1.82) is 0 Å². The number of benzene rings is 2. The molecule has 4 rings (SSSR count). The van der Waals surface area contributed by atoms with Crippen LogP contribution in [0.15, 0.2) is 64.2 Å². The maximum Gasteiger partial charge on any atom is 0.226 e. The first-order valence-corrected chi connectivity index (χ1v) is 10.9. The number of nitrogens with one attached hydrogen (secondary N) is 3. The van der Waals surface area contributed by atoms with Gasteiger partial charge < -0.3 is 29.5 Å². The Bertz CT molecular complexity index is 1210. The molecule has 2 heterocycles. The summed E-state index contributed by atoms with van der Waals surface area (Å²) in [5.41, 5.74) is 3.94. The average molecular weight is 448 g/mol. The molecule has 0 saturated carbocycles. The molecule has 0 aliphatic rings. The van der Waals surface area contributed by atoms with E-state index in [1.54, 1.807) is 27.5 Å². The fraction of sp³-hybridized carbons (Fsp3) is 0.280. The molecule has 0 aliphatic carbocycles. The number of fused-ring (bicyclic) bond motifs is 1. The Hall–Kier alpha value is -3.94. The minimum absolute atomic E-state index is 0.527. The van der Waals surface area contributed by atoms with Crippen LogP contribution in [0.5, 0.6) is 11.5 Å². The molecule has 33 heavy (non-hydrogen) atoms. The van der Waals surface area contributed by atoms with Crippen LogP contribution in [-0.4, -0.2) is 43.7 Å². The second kappa shape index (κ2) is 10.6. The van der Waals surface area contributed by atoms with Crippen molar-refractivity contribution in [2.45, 2.75) is 19.4 Å². The molecular formula is C25H29N5O3. The van der Waals surface area contributed by atoms with Gasteiger partial charge in [0.2, 0.25) is 5.89 Å². The second-order valence-electron chi connectivity index (χ2n) is 7.55. The molecule has 0 saturated heterocycles. The summed E-state index contributed by atoms with van der Waals surface area (Å²) in [5, 5.41) is 7.68. The summed E-state index contributed by atoms with van der Waals surface area (Å²) < 4.78 is 16.4. The molecule has 2 aromatic carbocycles. The Kier molecular flexibility index (Phi) is 7.14. The molecular weight excluding hydrogens is 418 g/mol.